The van der Waals surface area contributed by atoms with Crippen molar-refractivity contribution < 1.29 is 4.79 Å². The van der Waals surface area contributed by atoms with Gasteiger partial charge < -0.3 is 5.32 Å². The van der Waals surface area contributed by atoms with Crippen LogP contribution in [0.4, 0.5) is 5.69 Å². The molecule has 0 saturated carbocycles. The second-order valence-electron chi connectivity index (χ2n) is 6.46. The van der Waals surface area contributed by atoms with Gasteiger partial charge in [0, 0.05) is 0 Å². The molecule has 1 amide bonds. The number of anilines is 1. The van der Waals surface area contributed by atoms with Crippen molar-refractivity contribution in [3.8, 4) is 6.07 Å². The van der Waals surface area contributed by atoms with Gasteiger partial charge in [-0.05, 0) is 51.4 Å². The Bertz CT molecular complexity index is 1280. The lowest BCUT2D eigenvalue weighted by molar-refractivity contribution is -0.112. The van der Waals surface area contributed by atoms with Crippen LogP contribution in [0.1, 0.15) is 5.56 Å². The van der Waals surface area contributed by atoms with Gasteiger partial charge in [-0.3, -0.25) is 4.79 Å². The quantitative estimate of drug-likeness (QED) is 0.225. The van der Waals surface area contributed by atoms with Crippen molar-refractivity contribution in [1.82, 2.24) is 0 Å². The van der Waals surface area contributed by atoms with Gasteiger partial charge >= 0.3 is 0 Å². The van der Waals surface area contributed by atoms with Crippen molar-refractivity contribution in [3.63, 3.8) is 0 Å². The predicted octanol–water partition coefficient (Wildman–Crippen LogP) is 6.85. The molecule has 29 heavy (non-hydrogen) atoms. The summed E-state index contributed by atoms with van der Waals surface area (Å²) in [6, 6.07) is 24.8. The first-order valence-corrected chi connectivity index (χ1v) is 9.62. The van der Waals surface area contributed by atoms with E-state index in [-0.39, 0.29) is 10.6 Å². The van der Waals surface area contributed by atoms with Crippen molar-refractivity contribution in [2.75, 3.05) is 5.32 Å². The number of nitrogens with one attached hydrogen (secondary N) is 1. The van der Waals surface area contributed by atoms with Gasteiger partial charge in [0.15, 0.2) is 0 Å². The molecule has 3 nitrogen and oxygen atoms in total. The summed E-state index contributed by atoms with van der Waals surface area (Å²) in [5.74, 6) is -0.548. The van der Waals surface area contributed by atoms with E-state index < -0.39 is 5.91 Å². The Morgan fingerprint density at radius 3 is 2.14 bits per heavy atom. The maximum Gasteiger partial charge on any atom is 0.266 e. The highest BCUT2D eigenvalue weighted by Gasteiger charge is 2.14. The molecule has 0 aliphatic carbocycles. The number of nitriles is 1. The molecule has 5 heteroatoms. The van der Waals surface area contributed by atoms with E-state index in [1.807, 2.05) is 54.6 Å². The number of amides is 1. The predicted molar refractivity (Wildman–Crippen MR) is 120 cm³/mol. The molecule has 0 aliphatic heterocycles. The number of fused-ring (bicyclic) bond motifs is 2. The number of rotatable bonds is 3. The maximum atomic E-state index is 12.8. The normalized spacial score (nSPS) is 11.4. The molecule has 4 aromatic rings. The van der Waals surface area contributed by atoms with Gasteiger partial charge in [0.2, 0.25) is 0 Å². The van der Waals surface area contributed by atoms with Crippen LogP contribution in [0.2, 0.25) is 10.0 Å². The fourth-order valence-corrected chi connectivity index (χ4v) is 3.64. The average Bonchev–Trinajstić information content (AvgIpc) is 2.74. The Morgan fingerprint density at radius 2 is 1.52 bits per heavy atom. The lowest BCUT2D eigenvalue weighted by atomic mass is 9.95. The maximum absolute atomic E-state index is 12.8. The molecular weight excluding hydrogens is 403 g/mol. The zero-order valence-electron chi connectivity index (χ0n) is 15.1. The minimum atomic E-state index is -0.548. The fourth-order valence-electron chi connectivity index (χ4n) is 3.29. The highest BCUT2D eigenvalue weighted by molar-refractivity contribution is 6.44. The number of hydrogen-bond donors (Lipinski definition) is 1. The third kappa shape index (κ3) is 3.69. The minimum absolute atomic E-state index is 0.0254. The van der Waals surface area contributed by atoms with E-state index >= 15 is 0 Å². The number of carbonyl (C=O) groups excluding carboxylic acids is 1. The van der Waals surface area contributed by atoms with Crippen LogP contribution in [-0.4, -0.2) is 5.91 Å². The van der Waals surface area contributed by atoms with Crippen molar-refractivity contribution in [2.45, 2.75) is 0 Å². The summed E-state index contributed by atoms with van der Waals surface area (Å²) in [4.78, 5) is 12.8. The van der Waals surface area contributed by atoms with Crippen molar-refractivity contribution >= 4 is 62.4 Å². The molecule has 0 fully saturated rings. The molecule has 4 aromatic carbocycles. The third-order valence-corrected chi connectivity index (χ3v) is 5.49. The largest absolute Gasteiger partial charge is 0.320 e. The third-order valence-electron chi connectivity index (χ3n) is 4.67. The number of halogens is 2. The average molecular weight is 417 g/mol. The SMILES string of the molecule is N#CC(=Cc1c2ccccc2cc2ccccc12)C(=O)Nc1cccc(Cl)c1Cl. The first-order valence-electron chi connectivity index (χ1n) is 8.86. The first-order chi connectivity index (χ1) is 14.1. The zero-order valence-corrected chi connectivity index (χ0v) is 16.6. The van der Waals surface area contributed by atoms with Gasteiger partial charge in [-0.25, -0.2) is 0 Å². The zero-order chi connectivity index (χ0) is 20.4. The molecule has 0 heterocycles. The van der Waals surface area contributed by atoms with Crippen LogP contribution >= 0.6 is 23.2 Å². The molecule has 0 saturated heterocycles. The van der Waals surface area contributed by atoms with Crippen molar-refractivity contribution in [1.29, 1.82) is 5.26 Å². The van der Waals surface area contributed by atoms with Gasteiger partial charge in [-0.15, -0.1) is 0 Å². The van der Waals surface area contributed by atoms with Gasteiger partial charge in [0.1, 0.15) is 11.6 Å². The van der Waals surface area contributed by atoms with Crippen LogP contribution in [0.5, 0.6) is 0 Å². The second-order valence-corrected chi connectivity index (χ2v) is 7.24. The fraction of sp³-hybridized carbons (Fsp3) is 0. The number of nitrogens with zero attached hydrogens (tertiary/aromatic N) is 1. The smallest absolute Gasteiger partial charge is 0.266 e. The molecule has 0 bridgehead atoms. The van der Waals surface area contributed by atoms with Crippen LogP contribution in [0, 0.1) is 11.3 Å². The van der Waals surface area contributed by atoms with Crippen LogP contribution in [0.15, 0.2) is 78.4 Å². The lowest BCUT2D eigenvalue weighted by Crippen LogP contribution is -2.13. The molecule has 0 aliphatic rings. The molecule has 0 unspecified atom stereocenters. The Balaban J connectivity index is 1.84. The van der Waals surface area contributed by atoms with Gasteiger partial charge in [0.05, 0.1) is 15.7 Å². The van der Waals surface area contributed by atoms with E-state index in [1.54, 1.807) is 24.3 Å². The highest BCUT2D eigenvalue weighted by atomic mass is 35.5. The van der Waals surface area contributed by atoms with E-state index in [1.165, 1.54) is 0 Å². The van der Waals surface area contributed by atoms with E-state index in [2.05, 4.69) is 11.4 Å². The van der Waals surface area contributed by atoms with Crippen LogP contribution in [0.3, 0.4) is 0 Å². The summed E-state index contributed by atoms with van der Waals surface area (Å²) in [6.07, 6.45) is 1.62. The summed E-state index contributed by atoms with van der Waals surface area (Å²) >= 11 is 12.2. The Hall–Kier alpha value is -3.32. The Morgan fingerprint density at radius 1 is 0.897 bits per heavy atom. The summed E-state index contributed by atoms with van der Waals surface area (Å²) in [7, 11) is 0. The molecule has 140 valence electrons. The summed E-state index contributed by atoms with van der Waals surface area (Å²) in [5.41, 5.74) is 1.15. The van der Waals surface area contributed by atoms with Crippen LogP contribution in [-0.2, 0) is 4.79 Å². The summed E-state index contributed by atoms with van der Waals surface area (Å²) in [5, 5.41) is 16.9. The standard InChI is InChI=1S/C24H14Cl2N2O/c25-21-10-5-11-22(23(21)26)28-24(29)17(14-27)13-20-18-8-3-1-6-15(18)12-16-7-2-4-9-19(16)20/h1-13H,(H,28,29). The van der Waals surface area contributed by atoms with Crippen LogP contribution in [0.25, 0.3) is 27.6 Å². The Kier molecular flexibility index (Phi) is 5.22. The van der Waals surface area contributed by atoms with Crippen LogP contribution < -0.4 is 5.32 Å². The van der Waals surface area contributed by atoms with Crippen molar-refractivity contribution in [2.24, 2.45) is 0 Å². The lowest BCUT2D eigenvalue weighted by Gasteiger charge is -2.10. The molecule has 0 atom stereocenters. The van der Waals surface area contributed by atoms with Gasteiger partial charge in [0.25, 0.3) is 5.91 Å². The topological polar surface area (TPSA) is 52.9 Å². The van der Waals surface area contributed by atoms with Gasteiger partial charge in [-0.2, -0.15) is 5.26 Å². The number of carbonyl (C=O) groups is 1. The molecule has 0 aromatic heterocycles. The van der Waals surface area contributed by atoms with E-state index in [4.69, 9.17) is 23.2 Å². The van der Waals surface area contributed by atoms with E-state index in [9.17, 15) is 10.1 Å². The second kappa shape index (κ2) is 7.97. The summed E-state index contributed by atoms with van der Waals surface area (Å²) in [6.45, 7) is 0. The highest BCUT2D eigenvalue weighted by Crippen LogP contribution is 2.32. The van der Waals surface area contributed by atoms with E-state index in [0.717, 1.165) is 27.1 Å². The summed E-state index contributed by atoms with van der Waals surface area (Å²) < 4.78 is 0. The Labute approximate surface area is 177 Å². The first kappa shape index (κ1) is 19.0. The van der Waals surface area contributed by atoms with E-state index in [0.29, 0.717) is 10.7 Å². The van der Waals surface area contributed by atoms with Gasteiger partial charge in [-0.1, -0.05) is 77.8 Å². The number of benzene rings is 4. The minimum Gasteiger partial charge on any atom is -0.320 e. The number of hydrogen-bond acceptors (Lipinski definition) is 2. The molecular formula is C24H14Cl2N2O. The van der Waals surface area contributed by atoms with Crippen molar-refractivity contribution in [3.05, 3.63) is 94.0 Å². The molecule has 4 rings (SSSR count). The monoisotopic (exact) mass is 416 g/mol. The molecule has 1 N–H and O–H groups in total. The molecule has 0 spiro atoms. The molecule has 0 radical (unpaired) electrons.